The van der Waals surface area contributed by atoms with E-state index in [-0.39, 0.29) is 18.0 Å². The van der Waals surface area contributed by atoms with Crippen LogP contribution in [0.4, 0.5) is 0 Å². The number of piperidine rings is 1. The maximum absolute atomic E-state index is 12.8. The number of rotatable bonds is 3. The molecule has 0 bridgehead atoms. The van der Waals surface area contributed by atoms with Gasteiger partial charge in [-0.2, -0.15) is 0 Å². The zero-order valence-corrected chi connectivity index (χ0v) is 14.6. The molecule has 0 spiro atoms. The lowest BCUT2D eigenvalue weighted by Crippen LogP contribution is -2.50. The zero-order chi connectivity index (χ0) is 16.2. The van der Waals surface area contributed by atoms with Gasteiger partial charge in [-0.3, -0.25) is 9.69 Å². The first-order chi connectivity index (χ1) is 11.2. The number of carbonyl (C=O) groups is 1. The minimum atomic E-state index is -0.113. The molecule has 1 saturated heterocycles. The molecule has 2 heterocycles. The van der Waals surface area contributed by atoms with Crippen LogP contribution in [0.3, 0.4) is 0 Å². The van der Waals surface area contributed by atoms with Crippen LogP contribution in [0.25, 0.3) is 0 Å². The van der Waals surface area contributed by atoms with Gasteiger partial charge in [-0.15, -0.1) is 6.42 Å². The van der Waals surface area contributed by atoms with E-state index in [0.717, 1.165) is 48.0 Å². The predicted octanol–water partition coefficient (Wildman–Crippen LogP) is 2.88. The Kier molecular flexibility index (Phi) is 5.24. The first-order valence-electron chi connectivity index (χ1n) is 8.09. The maximum atomic E-state index is 12.8. The Labute approximate surface area is 145 Å². The summed E-state index contributed by atoms with van der Waals surface area (Å²) in [6, 6.07) is 5.82. The minimum absolute atomic E-state index is 0.00152. The van der Waals surface area contributed by atoms with E-state index >= 15 is 0 Å². The summed E-state index contributed by atoms with van der Waals surface area (Å²) in [7, 11) is 0. The Balaban J connectivity index is 1.73. The maximum Gasteiger partial charge on any atom is 0.237 e. The van der Waals surface area contributed by atoms with Gasteiger partial charge < -0.3 is 10.1 Å². The topological polar surface area (TPSA) is 41.6 Å². The van der Waals surface area contributed by atoms with Crippen molar-refractivity contribution in [1.29, 1.82) is 0 Å². The fraction of sp³-hybridized carbons (Fsp3) is 0.500. The van der Waals surface area contributed by atoms with Crippen molar-refractivity contribution in [1.82, 2.24) is 10.2 Å². The lowest BCUT2D eigenvalue weighted by Gasteiger charge is -2.35. The SMILES string of the molecule is C#CCN1CCCC[C@@H]1C(=O)N[C@@H]1CCOc2ccc(Br)cc21. The minimum Gasteiger partial charge on any atom is -0.493 e. The van der Waals surface area contributed by atoms with Gasteiger partial charge in [0.2, 0.25) is 5.91 Å². The largest absolute Gasteiger partial charge is 0.493 e. The van der Waals surface area contributed by atoms with Crippen molar-refractivity contribution in [3.8, 4) is 18.1 Å². The first-order valence-corrected chi connectivity index (χ1v) is 8.88. The highest BCUT2D eigenvalue weighted by atomic mass is 79.9. The smallest absolute Gasteiger partial charge is 0.237 e. The molecule has 3 rings (SSSR count). The summed E-state index contributed by atoms with van der Waals surface area (Å²) in [6.45, 7) is 2.06. The van der Waals surface area contributed by atoms with Crippen LogP contribution in [-0.2, 0) is 4.79 Å². The van der Waals surface area contributed by atoms with Gasteiger partial charge in [-0.25, -0.2) is 0 Å². The fourth-order valence-electron chi connectivity index (χ4n) is 3.38. The van der Waals surface area contributed by atoms with Crippen LogP contribution in [0.5, 0.6) is 5.75 Å². The highest BCUT2D eigenvalue weighted by Crippen LogP contribution is 2.34. The number of likely N-dealkylation sites (tertiary alicyclic amines) is 1. The van der Waals surface area contributed by atoms with E-state index in [2.05, 4.69) is 32.1 Å². The van der Waals surface area contributed by atoms with Crippen LogP contribution in [0, 0.1) is 12.3 Å². The Morgan fingerprint density at radius 1 is 1.43 bits per heavy atom. The van der Waals surface area contributed by atoms with E-state index in [1.54, 1.807) is 0 Å². The van der Waals surface area contributed by atoms with E-state index in [1.165, 1.54) is 0 Å². The van der Waals surface area contributed by atoms with Crippen LogP contribution < -0.4 is 10.1 Å². The van der Waals surface area contributed by atoms with Gasteiger partial charge in [-0.1, -0.05) is 28.3 Å². The Bertz CT molecular complexity index is 626. The lowest BCUT2D eigenvalue weighted by atomic mass is 9.98. The number of halogens is 1. The third-order valence-electron chi connectivity index (χ3n) is 4.54. The summed E-state index contributed by atoms with van der Waals surface area (Å²) in [4.78, 5) is 14.9. The number of hydrogen-bond acceptors (Lipinski definition) is 3. The van der Waals surface area contributed by atoms with Crippen LogP contribution in [-0.4, -0.2) is 36.5 Å². The quantitative estimate of drug-likeness (QED) is 0.824. The summed E-state index contributed by atoms with van der Waals surface area (Å²) in [6.07, 6.45) is 9.29. The molecule has 1 N–H and O–H groups in total. The highest BCUT2D eigenvalue weighted by molar-refractivity contribution is 9.10. The van der Waals surface area contributed by atoms with Crippen LogP contribution in [0.2, 0.25) is 0 Å². The second-order valence-corrected chi connectivity index (χ2v) is 6.98. The second-order valence-electron chi connectivity index (χ2n) is 6.07. The molecule has 1 fully saturated rings. The number of fused-ring (bicyclic) bond motifs is 1. The number of benzene rings is 1. The zero-order valence-electron chi connectivity index (χ0n) is 13.1. The number of carbonyl (C=O) groups excluding carboxylic acids is 1. The summed E-state index contributed by atoms with van der Waals surface area (Å²) in [5.74, 6) is 3.61. The molecular formula is C18H21BrN2O2. The van der Waals surface area contributed by atoms with E-state index < -0.39 is 0 Å². The molecule has 1 aromatic carbocycles. The van der Waals surface area contributed by atoms with Gasteiger partial charge in [0, 0.05) is 16.5 Å². The van der Waals surface area contributed by atoms with Crippen molar-refractivity contribution in [2.24, 2.45) is 0 Å². The Morgan fingerprint density at radius 2 is 2.30 bits per heavy atom. The molecule has 0 radical (unpaired) electrons. The van der Waals surface area contributed by atoms with Gasteiger partial charge in [0.1, 0.15) is 5.75 Å². The molecule has 4 nitrogen and oxygen atoms in total. The molecule has 1 aromatic rings. The molecule has 0 unspecified atom stereocenters. The Morgan fingerprint density at radius 3 is 3.13 bits per heavy atom. The van der Waals surface area contributed by atoms with Crippen molar-refractivity contribution in [3.63, 3.8) is 0 Å². The number of hydrogen-bond donors (Lipinski definition) is 1. The average molecular weight is 377 g/mol. The third kappa shape index (κ3) is 3.70. The van der Waals surface area contributed by atoms with Gasteiger partial charge in [0.05, 0.1) is 25.2 Å². The van der Waals surface area contributed by atoms with Gasteiger partial charge in [0.15, 0.2) is 0 Å². The standard InChI is InChI=1S/C18H21BrN2O2/c1-2-9-21-10-4-3-5-16(21)18(22)20-15-8-11-23-17-7-6-13(19)12-14(15)17/h1,6-7,12,15-16H,3-5,8-11H2,(H,20,22)/t15-,16-/m1/s1. The van der Waals surface area contributed by atoms with Crippen molar-refractivity contribution >= 4 is 21.8 Å². The fourth-order valence-corrected chi connectivity index (χ4v) is 3.76. The monoisotopic (exact) mass is 376 g/mol. The molecular weight excluding hydrogens is 356 g/mol. The summed E-state index contributed by atoms with van der Waals surface area (Å²) in [5, 5.41) is 3.21. The average Bonchev–Trinajstić information content (AvgIpc) is 2.56. The van der Waals surface area contributed by atoms with Crippen molar-refractivity contribution in [2.45, 2.75) is 37.8 Å². The van der Waals surface area contributed by atoms with Crippen molar-refractivity contribution in [3.05, 3.63) is 28.2 Å². The lowest BCUT2D eigenvalue weighted by molar-refractivity contribution is -0.128. The van der Waals surface area contributed by atoms with Crippen LogP contribution in [0.1, 0.15) is 37.3 Å². The molecule has 0 aromatic heterocycles. The molecule has 0 saturated carbocycles. The van der Waals surface area contributed by atoms with E-state index in [0.29, 0.717) is 13.2 Å². The molecule has 122 valence electrons. The van der Waals surface area contributed by atoms with Crippen molar-refractivity contribution < 1.29 is 9.53 Å². The molecule has 5 heteroatoms. The number of terminal acetylenes is 1. The molecule has 2 aliphatic heterocycles. The molecule has 0 aliphatic carbocycles. The predicted molar refractivity (Wildman–Crippen MR) is 93.2 cm³/mol. The van der Waals surface area contributed by atoms with Crippen LogP contribution >= 0.6 is 15.9 Å². The number of ether oxygens (including phenoxy) is 1. The second kappa shape index (κ2) is 7.37. The van der Waals surface area contributed by atoms with Gasteiger partial charge in [0.25, 0.3) is 0 Å². The first kappa shape index (κ1) is 16.4. The van der Waals surface area contributed by atoms with Gasteiger partial charge in [-0.05, 0) is 37.6 Å². The van der Waals surface area contributed by atoms with Crippen LogP contribution in [0.15, 0.2) is 22.7 Å². The number of nitrogens with one attached hydrogen (secondary N) is 1. The Hall–Kier alpha value is -1.51. The number of amides is 1. The van der Waals surface area contributed by atoms with E-state index in [4.69, 9.17) is 11.2 Å². The van der Waals surface area contributed by atoms with Gasteiger partial charge >= 0.3 is 0 Å². The van der Waals surface area contributed by atoms with E-state index in [1.807, 2.05) is 18.2 Å². The molecule has 2 aliphatic rings. The molecule has 2 atom stereocenters. The summed E-state index contributed by atoms with van der Waals surface area (Å²) in [5.41, 5.74) is 1.04. The third-order valence-corrected chi connectivity index (χ3v) is 5.03. The summed E-state index contributed by atoms with van der Waals surface area (Å²) >= 11 is 3.49. The normalized spacial score (nSPS) is 24.2. The number of nitrogens with zero attached hydrogens (tertiary/aromatic N) is 1. The summed E-state index contributed by atoms with van der Waals surface area (Å²) < 4.78 is 6.68. The molecule has 23 heavy (non-hydrogen) atoms. The molecule has 1 amide bonds. The highest BCUT2D eigenvalue weighted by Gasteiger charge is 2.31. The van der Waals surface area contributed by atoms with E-state index in [9.17, 15) is 4.79 Å². The van der Waals surface area contributed by atoms with Crippen molar-refractivity contribution in [2.75, 3.05) is 19.7 Å².